The Labute approximate surface area is 93.5 Å². The molecule has 0 aliphatic rings. The van der Waals surface area contributed by atoms with E-state index in [0.29, 0.717) is 10.8 Å². The fourth-order valence-electron chi connectivity index (χ4n) is 1.39. The van der Waals surface area contributed by atoms with Gasteiger partial charge in [-0.25, -0.2) is 0 Å². The lowest BCUT2D eigenvalue weighted by atomic mass is 10.1. The van der Waals surface area contributed by atoms with Gasteiger partial charge in [-0.2, -0.15) is 0 Å². The van der Waals surface area contributed by atoms with Crippen molar-refractivity contribution in [2.75, 3.05) is 7.11 Å². The Balaban J connectivity index is 2.53. The summed E-state index contributed by atoms with van der Waals surface area (Å²) < 4.78 is 5.23. The molecule has 2 nitrogen and oxygen atoms in total. The molecule has 0 N–H and O–H groups in total. The standard InChI is InChI=1S/C12H10ClNO/c1-15-11-7-10(13)8-14-12(11)9-5-3-2-4-6-9/h2-8H,1H3. The lowest BCUT2D eigenvalue weighted by Gasteiger charge is -2.07. The van der Waals surface area contributed by atoms with Gasteiger partial charge >= 0.3 is 0 Å². The van der Waals surface area contributed by atoms with Gasteiger partial charge in [-0.1, -0.05) is 41.9 Å². The first-order valence-electron chi connectivity index (χ1n) is 4.56. The number of hydrogen-bond donors (Lipinski definition) is 0. The first-order valence-corrected chi connectivity index (χ1v) is 4.94. The Kier molecular flexibility index (Phi) is 2.88. The summed E-state index contributed by atoms with van der Waals surface area (Å²) in [5, 5.41) is 0.575. The highest BCUT2D eigenvalue weighted by atomic mass is 35.5. The van der Waals surface area contributed by atoms with E-state index < -0.39 is 0 Å². The summed E-state index contributed by atoms with van der Waals surface area (Å²) in [6.07, 6.45) is 1.62. The molecule has 1 heterocycles. The van der Waals surface area contributed by atoms with Gasteiger partial charge in [-0.15, -0.1) is 0 Å². The van der Waals surface area contributed by atoms with Crippen molar-refractivity contribution in [3.05, 3.63) is 47.6 Å². The molecule has 3 heteroatoms. The quantitative estimate of drug-likeness (QED) is 0.772. The molecular formula is C12H10ClNO. The first kappa shape index (κ1) is 9.99. The van der Waals surface area contributed by atoms with Crippen LogP contribution in [0.25, 0.3) is 11.3 Å². The third-order valence-corrected chi connectivity index (χ3v) is 2.29. The number of methoxy groups -OCH3 is 1. The van der Waals surface area contributed by atoms with Gasteiger partial charge < -0.3 is 4.74 Å². The Bertz CT molecular complexity index is 456. The highest BCUT2D eigenvalue weighted by Gasteiger charge is 2.06. The summed E-state index contributed by atoms with van der Waals surface area (Å²) in [4.78, 5) is 4.26. The number of nitrogens with zero attached hydrogens (tertiary/aromatic N) is 1. The van der Waals surface area contributed by atoms with Crippen LogP contribution in [0.1, 0.15) is 0 Å². The number of aromatic nitrogens is 1. The molecular weight excluding hydrogens is 210 g/mol. The fraction of sp³-hybridized carbons (Fsp3) is 0.0833. The van der Waals surface area contributed by atoms with Gasteiger partial charge in [0.2, 0.25) is 0 Å². The summed E-state index contributed by atoms with van der Waals surface area (Å²) in [6, 6.07) is 11.6. The van der Waals surface area contributed by atoms with E-state index in [1.165, 1.54) is 0 Å². The van der Waals surface area contributed by atoms with E-state index in [1.54, 1.807) is 19.4 Å². The first-order chi connectivity index (χ1) is 7.31. The van der Waals surface area contributed by atoms with Crippen LogP contribution < -0.4 is 4.74 Å². The van der Waals surface area contributed by atoms with Gasteiger partial charge in [-0.05, 0) is 0 Å². The largest absolute Gasteiger partial charge is 0.494 e. The Morgan fingerprint density at radius 3 is 2.60 bits per heavy atom. The number of halogens is 1. The van der Waals surface area contributed by atoms with Crippen LogP contribution in [0.4, 0.5) is 0 Å². The topological polar surface area (TPSA) is 22.1 Å². The highest BCUT2D eigenvalue weighted by molar-refractivity contribution is 6.30. The van der Waals surface area contributed by atoms with Gasteiger partial charge in [-0.3, -0.25) is 4.98 Å². The Hall–Kier alpha value is -1.54. The van der Waals surface area contributed by atoms with Crippen molar-refractivity contribution >= 4 is 11.6 Å². The molecule has 0 spiro atoms. The molecule has 2 rings (SSSR count). The number of rotatable bonds is 2. The molecule has 0 fully saturated rings. The van der Waals surface area contributed by atoms with Gasteiger partial charge in [0.05, 0.1) is 12.1 Å². The second-order valence-corrected chi connectivity index (χ2v) is 3.51. The molecule has 0 unspecified atom stereocenters. The molecule has 0 aliphatic carbocycles. The van der Waals surface area contributed by atoms with Crippen LogP contribution in [0.2, 0.25) is 5.02 Å². The fourth-order valence-corrected chi connectivity index (χ4v) is 1.54. The van der Waals surface area contributed by atoms with Crippen molar-refractivity contribution in [1.29, 1.82) is 0 Å². The van der Waals surface area contributed by atoms with E-state index in [2.05, 4.69) is 4.98 Å². The summed E-state index contributed by atoms with van der Waals surface area (Å²) in [5.41, 5.74) is 1.83. The minimum absolute atomic E-state index is 0.575. The second-order valence-electron chi connectivity index (χ2n) is 3.07. The summed E-state index contributed by atoms with van der Waals surface area (Å²) in [6.45, 7) is 0. The molecule has 2 aromatic rings. The van der Waals surface area contributed by atoms with Gasteiger partial charge in [0.15, 0.2) is 0 Å². The smallest absolute Gasteiger partial charge is 0.146 e. The zero-order chi connectivity index (χ0) is 10.7. The lowest BCUT2D eigenvalue weighted by molar-refractivity contribution is 0.415. The molecule has 0 bridgehead atoms. The van der Waals surface area contributed by atoms with E-state index >= 15 is 0 Å². The molecule has 15 heavy (non-hydrogen) atoms. The van der Waals surface area contributed by atoms with E-state index in [4.69, 9.17) is 16.3 Å². The van der Waals surface area contributed by atoms with Crippen LogP contribution in [0.15, 0.2) is 42.6 Å². The highest BCUT2D eigenvalue weighted by Crippen LogP contribution is 2.29. The maximum atomic E-state index is 5.84. The lowest BCUT2D eigenvalue weighted by Crippen LogP contribution is -1.90. The van der Waals surface area contributed by atoms with Gasteiger partial charge in [0.25, 0.3) is 0 Å². The van der Waals surface area contributed by atoms with Crippen molar-refractivity contribution in [1.82, 2.24) is 4.98 Å². The normalized spacial score (nSPS) is 10.0. The maximum Gasteiger partial charge on any atom is 0.146 e. The third kappa shape index (κ3) is 2.10. The predicted octanol–water partition coefficient (Wildman–Crippen LogP) is 3.41. The number of pyridine rings is 1. The molecule has 76 valence electrons. The summed E-state index contributed by atoms with van der Waals surface area (Å²) >= 11 is 5.84. The van der Waals surface area contributed by atoms with Crippen molar-refractivity contribution in [3.8, 4) is 17.0 Å². The molecule has 0 aliphatic heterocycles. The average molecular weight is 220 g/mol. The van der Waals surface area contributed by atoms with Crippen LogP contribution >= 0.6 is 11.6 Å². The Morgan fingerprint density at radius 2 is 1.93 bits per heavy atom. The SMILES string of the molecule is COc1cc(Cl)cnc1-c1ccccc1. The summed E-state index contributed by atoms with van der Waals surface area (Å²) in [7, 11) is 1.61. The van der Waals surface area contributed by atoms with Gasteiger partial charge in [0.1, 0.15) is 11.4 Å². The molecule has 1 aromatic carbocycles. The molecule has 0 amide bonds. The van der Waals surface area contributed by atoms with Crippen molar-refractivity contribution < 1.29 is 4.74 Å². The zero-order valence-electron chi connectivity index (χ0n) is 8.27. The van der Waals surface area contributed by atoms with Crippen molar-refractivity contribution in [2.45, 2.75) is 0 Å². The molecule has 0 atom stereocenters. The van der Waals surface area contributed by atoms with Crippen LogP contribution in [0.5, 0.6) is 5.75 Å². The van der Waals surface area contributed by atoms with Crippen LogP contribution in [0.3, 0.4) is 0 Å². The Morgan fingerprint density at radius 1 is 1.20 bits per heavy atom. The van der Waals surface area contributed by atoms with E-state index in [-0.39, 0.29) is 0 Å². The zero-order valence-corrected chi connectivity index (χ0v) is 9.03. The molecule has 0 radical (unpaired) electrons. The van der Waals surface area contributed by atoms with E-state index in [0.717, 1.165) is 11.3 Å². The number of benzene rings is 1. The summed E-state index contributed by atoms with van der Waals surface area (Å²) in [5.74, 6) is 0.689. The monoisotopic (exact) mass is 219 g/mol. The number of hydrogen-bond acceptors (Lipinski definition) is 2. The third-order valence-electron chi connectivity index (χ3n) is 2.09. The molecule has 0 saturated heterocycles. The molecule has 1 aromatic heterocycles. The predicted molar refractivity (Wildman–Crippen MR) is 61.2 cm³/mol. The van der Waals surface area contributed by atoms with Crippen LogP contribution in [0, 0.1) is 0 Å². The van der Waals surface area contributed by atoms with Crippen molar-refractivity contribution in [2.24, 2.45) is 0 Å². The second kappa shape index (κ2) is 4.32. The maximum absolute atomic E-state index is 5.84. The van der Waals surface area contributed by atoms with Crippen molar-refractivity contribution in [3.63, 3.8) is 0 Å². The average Bonchev–Trinajstić information content (AvgIpc) is 2.30. The van der Waals surface area contributed by atoms with Crippen LogP contribution in [-0.2, 0) is 0 Å². The van der Waals surface area contributed by atoms with Crippen LogP contribution in [-0.4, -0.2) is 12.1 Å². The number of ether oxygens (including phenoxy) is 1. The van der Waals surface area contributed by atoms with E-state index in [1.807, 2.05) is 30.3 Å². The van der Waals surface area contributed by atoms with Gasteiger partial charge in [0, 0.05) is 17.8 Å². The minimum Gasteiger partial charge on any atom is -0.494 e. The molecule has 0 saturated carbocycles. The van der Waals surface area contributed by atoms with E-state index in [9.17, 15) is 0 Å². The minimum atomic E-state index is 0.575.